The lowest BCUT2D eigenvalue weighted by Crippen LogP contribution is -2.20. The highest BCUT2D eigenvalue weighted by Gasteiger charge is 2.13. The third-order valence-electron chi connectivity index (χ3n) is 1.72. The second-order valence-electron chi connectivity index (χ2n) is 2.70. The number of carbonyl (C=O) groups is 1. The molecule has 0 spiro atoms. The third kappa shape index (κ3) is 2.20. The van der Waals surface area contributed by atoms with E-state index in [4.69, 9.17) is 9.52 Å². The highest BCUT2D eigenvalue weighted by Crippen LogP contribution is 2.04. The average Bonchev–Trinajstić information content (AvgIpc) is 2.55. The zero-order chi connectivity index (χ0) is 8.97. The highest BCUT2D eigenvalue weighted by molar-refractivity contribution is 5.84. The quantitative estimate of drug-likeness (QED) is 0.734. The van der Waals surface area contributed by atoms with Gasteiger partial charge >= 0.3 is 0 Å². The van der Waals surface area contributed by atoms with E-state index in [0.717, 1.165) is 5.56 Å². The summed E-state index contributed by atoms with van der Waals surface area (Å²) in [7, 11) is 0. The first-order valence-electron chi connectivity index (χ1n) is 3.96. The number of aliphatic hydroxyl groups excluding tert-OH is 1. The van der Waals surface area contributed by atoms with Crippen molar-refractivity contribution in [2.24, 2.45) is 0 Å². The summed E-state index contributed by atoms with van der Waals surface area (Å²) in [5.74, 6) is -0.154. The molecule has 1 unspecified atom stereocenters. The molecule has 0 bridgehead atoms. The van der Waals surface area contributed by atoms with Crippen LogP contribution in [-0.2, 0) is 11.2 Å². The lowest BCUT2D eigenvalue weighted by molar-refractivity contribution is -0.126. The van der Waals surface area contributed by atoms with Crippen molar-refractivity contribution in [3.05, 3.63) is 24.2 Å². The zero-order valence-electron chi connectivity index (χ0n) is 6.99. The van der Waals surface area contributed by atoms with Crippen molar-refractivity contribution in [3.63, 3.8) is 0 Å². The molecule has 12 heavy (non-hydrogen) atoms. The summed E-state index contributed by atoms with van der Waals surface area (Å²) in [6.07, 6.45) is 2.92. The van der Waals surface area contributed by atoms with E-state index in [1.165, 1.54) is 12.5 Å². The first kappa shape index (κ1) is 9.00. The van der Waals surface area contributed by atoms with Crippen molar-refractivity contribution in [2.45, 2.75) is 25.9 Å². The zero-order valence-corrected chi connectivity index (χ0v) is 6.99. The molecule has 0 aliphatic carbocycles. The minimum atomic E-state index is -0.833. The number of Topliss-reactive ketones (excluding diaryl/α,β-unsaturated/α-hetero) is 1. The van der Waals surface area contributed by atoms with Crippen LogP contribution in [0.4, 0.5) is 0 Å². The standard InChI is InChI=1S/C9H12O3/c1-2-8(10)9(11)5-7-3-4-12-6-7/h3-4,6,8,10H,2,5H2,1H3. The fraction of sp³-hybridized carbons (Fsp3) is 0.444. The molecule has 1 rings (SSSR count). The number of ketones is 1. The van der Waals surface area contributed by atoms with Crippen molar-refractivity contribution < 1.29 is 14.3 Å². The van der Waals surface area contributed by atoms with Gasteiger partial charge in [0.05, 0.1) is 12.5 Å². The van der Waals surface area contributed by atoms with Crippen LogP contribution in [-0.4, -0.2) is 17.0 Å². The van der Waals surface area contributed by atoms with Crippen molar-refractivity contribution >= 4 is 5.78 Å². The number of rotatable bonds is 4. The molecule has 1 heterocycles. The van der Waals surface area contributed by atoms with Crippen LogP contribution in [0.25, 0.3) is 0 Å². The molecular weight excluding hydrogens is 156 g/mol. The maximum Gasteiger partial charge on any atom is 0.165 e. The summed E-state index contributed by atoms with van der Waals surface area (Å²) in [5.41, 5.74) is 0.813. The van der Waals surface area contributed by atoms with Gasteiger partial charge in [-0.05, 0) is 18.1 Å². The summed E-state index contributed by atoms with van der Waals surface area (Å²) >= 11 is 0. The van der Waals surface area contributed by atoms with Crippen molar-refractivity contribution in [2.75, 3.05) is 0 Å². The van der Waals surface area contributed by atoms with E-state index >= 15 is 0 Å². The maximum absolute atomic E-state index is 11.1. The lowest BCUT2D eigenvalue weighted by Gasteiger charge is -2.03. The van der Waals surface area contributed by atoms with E-state index in [9.17, 15) is 4.79 Å². The number of hydrogen-bond donors (Lipinski definition) is 1. The molecule has 0 radical (unpaired) electrons. The average molecular weight is 168 g/mol. The van der Waals surface area contributed by atoms with Gasteiger partial charge in [-0.1, -0.05) is 6.92 Å². The molecule has 1 aromatic heterocycles. The van der Waals surface area contributed by atoms with Crippen LogP contribution in [0, 0.1) is 0 Å². The highest BCUT2D eigenvalue weighted by atomic mass is 16.3. The Morgan fingerprint density at radius 3 is 3.00 bits per heavy atom. The van der Waals surface area contributed by atoms with Gasteiger partial charge in [0.2, 0.25) is 0 Å². The number of hydrogen-bond acceptors (Lipinski definition) is 3. The minimum Gasteiger partial charge on any atom is -0.472 e. The van der Waals surface area contributed by atoms with Gasteiger partial charge in [0.1, 0.15) is 6.10 Å². The fourth-order valence-corrected chi connectivity index (χ4v) is 0.940. The van der Waals surface area contributed by atoms with Crippen LogP contribution in [0.5, 0.6) is 0 Å². The summed E-state index contributed by atoms with van der Waals surface area (Å²) in [5, 5.41) is 9.15. The summed E-state index contributed by atoms with van der Waals surface area (Å²) in [6.45, 7) is 1.78. The molecule has 0 saturated carbocycles. The van der Waals surface area contributed by atoms with Crippen LogP contribution in [0.15, 0.2) is 23.0 Å². The normalized spacial score (nSPS) is 12.8. The first-order valence-corrected chi connectivity index (χ1v) is 3.96. The van der Waals surface area contributed by atoms with Gasteiger partial charge in [-0.3, -0.25) is 4.79 Å². The predicted molar refractivity (Wildman–Crippen MR) is 43.7 cm³/mol. The van der Waals surface area contributed by atoms with Crippen molar-refractivity contribution in [1.29, 1.82) is 0 Å². The molecule has 0 aliphatic rings. The second-order valence-corrected chi connectivity index (χ2v) is 2.70. The Morgan fingerprint density at radius 2 is 2.50 bits per heavy atom. The van der Waals surface area contributed by atoms with Crippen molar-refractivity contribution in [1.82, 2.24) is 0 Å². The van der Waals surface area contributed by atoms with Crippen LogP contribution in [0.1, 0.15) is 18.9 Å². The van der Waals surface area contributed by atoms with Crippen LogP contribution < -0.4 is 0 Å². The molecule has 66 valence electrons. The Hall–Kier alpha value is -1.09. The topological polar surface area (TPSA) is 50.4 Å². The Balaban J connectivity index is 2.47. The molecule has 0 aliphatic heterocycles. The van der Waals surface area contributed by atoms with Gasteiger partial charge in [0, 0.05) is 6.42 Å². The van der Waals surface area contributed by atoms with E-state index in [1.54, 1.807) is 13.0 Å². The van der Waals surface area contributed by atoms with E-state index in [0.29, 0.717) is 6.42 Å². The smallest absolute Gasteiger partial charge is 0.165 e. The van der Waals surface area contributed by atoms with E-state index in [1.807, 2.05) is 0 Å². The SMILES string of the molecule is CCC(O)C(=O)Cc1ccoc1. The minimum absolute atomic E-state index is 0.154. The van der Waals surface area contributed by atoms with Gasteiger partial charge < -0.3 is 9.52 Å². The van der Waals surface area contributed by atoms with Gasteiger partial charge in [-0.25, -0.2) is 0 Å². The number of carbonyl (C=O) groups excluding carboxylic acids is 1. The monoisotopic (exact) mass is 168 g/mol. The predicted octanol–water partition coefficient (Wildman–Crippen LogP) is 1.16. The van der Waals surface area contributed by atoms with Crippen LogP contribution in [0.2, 0.25) is 0 Å². The molecule has 1 N–H and O–H groups in total. The fourth-order valence-electron chi connectivity index (χ4n) is 0.940. The second kappa shape index (κ2) is 4.07. The molecule has 0 fully saturated rings. The Kier molecular flexibility index (Phi) is 3.05. The molecule has 0 aromatic carbocycles. The third-order valence-corrected chi connectivity index (χ3v) is 1.72. The lowest BCUT2D eigenvalue weighted by atomic mass is 10.1. The number of furan rings is 1. The molecule has 3 heteroatoms. The van der Waals surface area contributed by atoms with Gasteiger partial charge in [-0.2, -0.15) is 0 Å². The van der Waals surface area contributed by atoms with Gasteiger partial charge in [-0.15, -0.1) is 0 Å². The Morgan fingerprint density at radius 1 is 1.75 bits per heavy atom. The molecule has 1 atom stereocenters. The Bertz CT molecular complexity index is 238. The maximum atomic E-state index is 11.1. The van der Waals surface area contributed by atoms with Gasteiger partial charge in [0.25, 0.3) is 0 Å². The molecule has 3 nitrogen and oxygen atoms in total. The van der Waals surface area contributed by atoms with Crippen molar-refractivity contribution in [3.8, 4) is 0 Å². The number of aliphatic hydroxyl groups is 1. The van der Waals surface area contributed by atoms with Gasteiger partial charge in [0.15, 0.2) is 5.78 Å². The van der Waals surface area contributed by atoms with E-state index < -0.39 is 6.10 Å². The molecule has 1 aromatic rings. The summed E-state index contributed by atoms with van der Waals surface area (Å²) in [4.78, 5) is 11.1. The Labute approximate surface area is 71.0 Å². The van der Waals surface area contributed by atoms with Crippen LogP contribution in [0.3, 0.4) is 0 Å². The van der Waals surface area contributed by atoms with Crippen LogP contribution >= 0.6 is 0 Å². The largest absolute Gasteiger partial charge is 0.472 e. The van der Waals surface area contributed by atoms with E-state index in [-0.39, 0.29) is 12.2 Å². The summed E-state index contributed by atoms with van der Waals surface area (Å²) < 4.78 is 4.79. The first-order chi connectivity index (χ1) is 5.74. The van der Waals surface area contributed by atoms with E-state index in [2.05, 4.69) is 0 Å². The summed E-state index contributed by atoms with van der Waals surface area (Å²) in [6, 6.07) is 1.72. The molecule has 0 saturated heterocycles. The molecule has 0 amide bonds. The molecular formula is C9H12O3.